The average molecular weight is 556 g/mol. The van der Waals surface area contributed by atoms with Crippen LogP contribution in [-0.4, -0.2) is 40.9 Å². The second-order valence-corrected chi connectivity index (χ2v) is 9.81. The lowest BCUT2D eigenvalue weighted by Crippen LogP contribution is -2.49. The van der Waals surface area contributed by atoms with Gasteiger partial charge in [0.25, 0.3) is 17.5 Å². The smallest absolute Gasteiger partial charge is 0.294 e. The van der Waals surface area contributed by atoms with Gasteiger partial charge in [-0.2, -0.15) is 0 Å². The van der Waals surface area contributed by atoms with E-state index in [1.165, 1.54) is 25.2 Å². The van der Waals surface area contributed by atoms with E-state index >= 15 is 0 Å². The van der Waals surface area contributed by atoms with Crippen molar-refractivity contribution in [2.75, 3.05) is 12.4 Å². The van der Waals surface area contributed by atoms with Crippen molar-refractivity contribution < 1.29 is 14.5 Å². The zero-order valence-electron chi connectivity index (χ0n) is 19.8. The molecule has 0 bridgehead atoms. The van der Waals surface area contributed by atoms with Gasteiger partial charge in [-0.3, -0.25) is 24.5 Å². The molecule has 36 heavy (non-hydrogen) atoms. The molecule has 1 aliphatic carbocycles. The van der Waals surface area contributed by atoms with Crippen LogP contribution >= 0.6 is 15.9 Å². The van der Waals surface area contributed by atoms with Gasteiger partial charge in [-0.25, -0.2) is 0 Å². The van der Waals surface area contributed by atoms with Crippen molar-refractivity contribution in [3.8, 4) is 0 Å². The normalized spacial score (nSPS) is 17.4. The summed E-state index contributed by atoms with van der Waals surface area (Å²) < 4.78 is 0.406. The maximum absolute atomic E-state index is 13.3. The summed E-state index contributed by atoms with van der Waals surface area (Å²) >= 11 is 3.24. The van der Waals surface area contributed by atoms with Crippen molar-refractivity contribution in [3.05, 3.63) is 78.0 Å². The number of fused-ring (bicyclic) bond motifs is 1. The molecule has 0 unspecified atom stereocenters. The van der Waals surface area contributed by atoms with E-state index in [4.69, 9.17) is 0 Å². The van der Waals surface area contributed by atoms with E-state index in [1.807, 2.05) is 19.1 Å². The molecular weight excluding hydrogens is 530 g/mol. The van der Waals surface area contributed by atoms with Crippen LogP contribution in [0.1, 0.15) is 52.0 Å². The van der Waals surface area contributed by atoms with Crippen LogP contribution in [0.4, 0.5) is 11.4 Å². The number of amides is 2. The van der Waals surface area contributed by atoms with E-state index < -0.39 is 16.7 Å². The third-order valence-electron chi connectivity index (χ3n) is 6.41. The van der Waals surface area contributed by atoms with Gasteiger partial charge in [0.1, 0.15) is 5.69 Å². The van der Waals surface area contributed by atoms with Gasteiger partial charge in [-0.05, 0) is 37.5 Å². The number of benzene rings is 2. The predicted molar refractivity (Wildman–Crippen MR) is 141 cm³/mol. The number of carbonyl (C=O) groups excluding carboxylic acids is 2. The summed E-state index contributed by atoms with van der Waals surface area (Å²) in [6, 6.07) is 8.90. The Hall–Kier alpha value is -3.73. The molecule has 2 amide bonds. The molecule has 1 aromatic heterocycles. The molecular formula is C25H26BrN5O5. The highest BCUT2D eigenvalue weighted by molar-refractivity contribution is 9.10. The molecule has 1 heterocycles. The summed E-state index contributed by atoms with van der Waals surface area (Å²) in [6.45, 7) is 1.90. The number of aromatic amines is 1. The number of hydrogen-bond acceptors (Lipinski definition) is 6. The number of carbonyl (C=O) groups is 2. The Balaban J connectivity index is 1.67. The van der Waals surface area contributed by atoms with Crippen LogP contribution in [0.25, 0.3) is 10.9 Å². The van der Waals surface area contributed by atoms with Crippen LogP contribution in [0.3, 0.4) is 0 Å². The number of nitro benzene ring substituents is 1. The van der Waals surface area contributed by atoms with Gasteiger partial charge in [0.15, 0.2) is 0 Å². The van der Waals surface area contributed by atoms with E-state index in [1.54, 1.807) is 6.07 Å². The van der Waals surface area contributed by atoms with Crippen LogP contribution in [0.5, 0.6) is 0 Å². The average Bonchev–Trinajstić information content (AvgIpc) is 2.84. The highest BCUT2D eigenvalue weighted by Gasteiger charge is 2.31. The van der Waals surface area contributed by atoms with Crippen LogP contribution in [-0.2, 0) is 0 Å². The number of rotatable bonds is 6. The van der Waals surface area contributed by atoms with Gasteiger partial charge in [0.2, 0.25) is 5.56 Å². The number of nitrogens with one attached hydrogen (secondary N) is 4. The fraction of sp³-hybridized carbons (Fsp3) is 0.320. The molecule has 10 nitrogen and oxygen atoms in total. The van der Waals surface area contributed by atoms with Gasteiger partial charge in [0, 0.05) is 46.6 Å². The first kappa shape index (κ1) is 25.4. The molecule has 1 saturated carbocycles. The van der Waals surface area contributed by atoms with E-state index in [2.05, 4.69) is 36.9 Å². The Morgan fingerprint density at radius 1 is 1.06 bits per heavy atom. The van der Waals surface area contributed by atoms with Gasteiger partial charge in [-0.1, -0.05) is 40.9 Å². The number of nitro groups is 1. The van der Waals surface area contributed by atoms with Gasteiger partial charge < -0.3 is 20.9 Å². The lowest BCUT2D eigenvalue weighted by Gasteiger charge is -2.34. The number of nitrogens with zero attached hydrogens (tertiary/aromatic N) is 1. The number of H-pyrrole nitrogens is 1. The minimum Gasteiger partial charge on any atom is -0.374 e. The van der Waals surface area contributed by atoms with Crippen molar-refractivity contribution in [3.63, 3.8) is 0 Å². The molecule has 11 heteroatoms. The molecule has 0 saturated heterocycles. The molecule has 4 rings (SSSR count). The highest BCUT2D eigenvalue weighted by Crippen LogP contribution is 2.35. The zero-order chi connectivity index (χ0) is 26.0. The Bertz CT molecular complexity index is 1420. The maximum Gasteiger partial charge on any atom is 0.294 e. The molecule has 2 aromatic carbocycles. The fourth-order valence-electron chi connectivity index (χ4n) is 4.67. The topological polar surface area (TPSA) is 146 Å². The largest absolute Gasteiger partial charge is 0.374 e. The summed E-state index contributed by atoms with van der Waals surface area (Å²) in [4.78, 5) is 52.1. The number of aryl methyl sites for hydroxylation is 1. The minimum atomic E-state index is -0.541. The summed E-state index contributed by atoms with van der Waals surface area (Å²) in [5, 5.41) is 21.2. The Morgan fingerprint density at radius 2 is 1.78 bits per heavy atom. The van der Waals surface area contributed by atoms with Gasteiger partial charge >= 0.3 is 0 Å². The molecule has 4 N–H and O–H groups in total. The van der Waals surface area contributed by atoms with Crippen molar-refractivity contribution in [2.24, 2.45) is 0 Å². The highest BCUT2D eigenvalue weighted by atomic mass is 79.9. The molecule has 1 aliphatic rings. The number of anilines is 1. The molecule has 0 spiro atoms. The lowest BCUT2D eigenvalue weighted by atomic mass is 9.89. The first-order valence-corrected chi connectivity index (χ1v) is 12.4. The SMILES string of the molecule is CNC(=O)c1cc(Br)cc([N+](=O)[O-])c1N[C@@H]1CCCC[C@@H]1NC(=O)c1cc(=O)[nH]c2cc(C)ccc12. The third-order valence-corrected chi connectivity index (χ3v) is 6.86. The summed E-state index contributed by atoms with van der Waals surface area (Å²) in [6.07, 6.45) is 3.00. The van der Waals surface area contributed by atoms with Crippen LogP contribution in [0.15, 0.2) is 45.7 Å². The molecule has 2 atom stereocenters. The second kappa shape index (κ2) is 10.5. The van der Waals surface area contributed by atoms with Crippen molar-refractivity contribution in [2.45, 2.75) is 44.7 Å². The Kier molecular flexibility index (Phi) is 7.39. The van der Waals surface area contributed by atoms with Crippen molar-refractivity contribution in [1.29, 1.82) is 0 Å². The van der Waals surface area contributed by atoms with Gasteiger partial charge in [0.05, 0.1) is 16.1 Å². The van der Waals surface area contributed by atoms with Crippen LogP contribution < -0.4 is 21.5 Å². The molecule has 0 aliphatic heterocycles. The molecule has 188 valence electrons. The number of pyridine rings is 1. The zero-order valence-corrected chi connectivity index (χ0v) is 21.4. The van der Waals surface area contributed by atoms with E-state index in [0.29, 0.717) is 28.2 Å². The summed E-state index contributed by atoms with van der Waals surface area (Å²) in [5.74, 6) is -0.867. The second-order valence-electron chi connectivity index (χ2n) is 8.90. The number of hydrogen-bond donors (Lipinski definition) is 4. The van der Waals surface area contributed by atoms with Crippen molar-refractivity contribution >= 4 is 50.0 Å². The Morgan fingerprint density at radius 3 is 2.47 bits per heavy atom. The van der Waals surface area contributed by atoms with Crippen molar-refractivity contribution in [1.82, 2.24) is 15.6 Å². The molecule has 1 fully saturated rings. The minimum absolute atomic E-state index is 0.103. The molecule has 0 radical (unpaired) electrons. The lowest BCUT2D eigenvalue weighted by molar-refractivity contribution is -0.384. The quantitative estimate of drug-likeness (QED) is 0.267. The van der Waals surface area contributed by atoms with Crippen LogP contribution in [0, 0.1) is 17.0 Å². The summed E-state index contributed by atoms with van der Waals surface area (Å²) in [7, 11) is 1.45. The van der Waals surface area contributed by atoms with Gasteiger partial charge in [-0.15, -0.1) is 0 Å². The number of aromatic nitrogens is 1. The first-order valence-electron chi connectivity index (χ1n) is 11.6. The molecule has 3 aromatic rings. The first-order chi connectivity index (χ1) is 17.2. The third kappa shape index (κ3) is 5.25. The monoisotopic (exact) mass is 555 g/mol. The van der Waals surface area contributed by atoms with E-state index in [-0.39, 0.29) is 40.1 Å². The standard InChI is InChI=1S/C25H26BrN5O5/c1-13-7-8-15-16(12-22(32)28-20(15)9-13)25(34)30-19-6-4-3-5-18(19)29-23-17(24(33)27-2)10-14(26)11-21(23)31(35)36/h7-12,18-19,29H,3-6H2,1-2H3,(H,27,33)(H,28,32)(H,30,34)/t18-,19+/m1/s1. The predicted octanol–water partition coefficient (Wildman–Crippen LogP) is 4.02. The maximum atomic E-state index is 13.3. The van der Waals surface area contributed by atoms with E-state index in [9.17, 15) is 24.5 Å². The van der Waals surface area contributed by atoms with Crippen LogP contribution in [0.2, 0.25) is 0 Å². The summed E-state index contributed by atoms with van der Waals surface area (Å²) in [5.41, 5.74) is 1.41. The Labute approximate surface area is 215 Å². The van der Waals surface area contributed by atoms with E-state index in [0.717, 1.165) is 18.4 Å². The number of halogens is 1. The fourth-order valence-corrected chi connectivity index (χ4v) is 5.12.